The van der Waals surface area contributed by atoms with Crippen molar-refractivity contribution in [1.29, 1.82) is 0 Å². The zero-order chi connectivity index (χ0) is 44.1. The Bertz CT molecular complexity index is 1780. The fourth-order valence-corrected chi connectivity index (χ4v) is 13.2. The number of fused-ring (bicyclic) bond motifs is 8. The van der Waals surface area contributed by atoms with Crippen molar-refractivity contribution in [3.63, 3.8) is 0 Å². The second kappa shape index (κ2) is 19.7. The van der Waals surface area contributed by atoms with E-state index in [2.05, 4.69) is 43.8 Å². The van der Waals surface area contributed by atoms with E-state index in [4.69, 9.17) is 61.1 Å². The van der Waals surface area contributed by atoms with Gasteiger partial charge in [-0.1, -0.05) is 43.1 Å². The first-order valence-corrected chi connectivity index (χ1v) is 24.0. The zero-order valence-corrected chi connectivity index (χ0v) is 39.6. The van der Waals surface area contributed by atoms with Gasteiger partial charge in [0.2, 0.25) is 0 Å². The average Bonchev–Trinajstić information content (AvgIpc) is 3.56. The van der Waals surface area contributed by atoms with E-state index < -0.39 is 18.3 Å². The Morgan fingerprint density at radius 1 is 0.855 bits per heavy atom. The van der Waals surface area contributed by atoms with Gasteiger partial charge >= 0.3 is 5.97 Å². The van der Waals surface area contributed by atoms with Crippen molar-refractivity contribution in [1.82, 2.24) is 9.80 Å². The third-order valence-electron chi connectivity index (χ3n) is 15.9. The fourth-order valence-electron chi connectivity index (χ4n) is 12.8. The van der Waals surface area contributed by atoms with Crippen LogP contribution in [0.3, 0.4) is 0 Å². The number of esters is 1. The van der Waals surface area contributed by atoms with Gasteiger partial charge in [0.25, 0.3) is 0 Å². The second-order valence-electron chi connectivity index (χ2n) is 19.5. The van der Waals surface area contributed by atoms with Crippen LogP contribution in [0, 0.1) is 35.5 Å². The van der Waals surface area contributed by atoms with Crippen LogP contribution in [0.1, 0.15) is 91.0 Å². The number of Topliss-reactive ketones (excluding diaryl/α,β-unsaturated/α-hetero) is 1. The maximum Gasteiger partial charge on any atom is 0.306 e. The van der Waals surface area contributed by atoms with Crippen LogP contribution in [0.25, 0.3) is 0 Å². The molecule has 62 heavy (non-hydrogen) atoms. The molecule has 0 aromatic heterocycles. The van der Waals surface area contributed by atoms with E-state index in [0.717, 1.165) is 56.1 Å². The lowest BCUT2D eigenvalue weighted by atomic mass is 9.66. The number of allylic oxidation sites excluding steroid dienone is 2. The lowest BCUT2D eigenvalue weighted by molar-refractivity contribution is -0.314. The van der Waals surface area contributed by atoms with Crippen molar-refractivity contribution in [2.75, 3.05) is 35.4 Å². The summed E-state index contributed by atoms with van der Waals surface area (Å²) in [6, 6.07) is 6.29. The number of halogens is 2. The summed E-state index contributed by atoms with van der Waals surface area (Å²) in [5.41, 5.74) is 1.72. The normalized spacial score (nSPS) is 44.6. The second-order valence-corrected chi connectivity index (χ2v) is 20.3. The molecule has 7 aliphatic rings. The number of rotatable bonds is 11. The molecule has 4 unspecified atom stereocenters. The molecule has 2 saturated carbocycles. The molecule has 6 fully saturated rings. The summed E-state index contributed by atoms with van der Waals surface area (Å²) in [6.45, 7) is 8.81. The predicted octanol–water partition coefficient (Wildman–Crippen LogP) is 7.49. The van der Waals surface area contributed by atoms with Gasteiger partial charge in [-0.25, -0.2) is 0 Å². The van der Waals surface area contributed by atoms with Crippen LogP contribution in [-0.2, 0) is 54.0 Å². The van der Waals surface area contributed by atoms with E-state index in [-0.39, 0.29) is 109 Å². The average molecular weight is 906 g/mol. The van der Waals surface area contributed by atoms with Gasteiger partial charge in [-0.3, -0.25) is 14.5 Å². The summed E-state index contributed by atoms with van der Waals surface area (Å²) in [6.07, 6.45) is 5.60. The highest BCUT2D eigenvalue weighted by molar-refractivity contribution is 6.33. The molecule has 20 atom stereocenters. The van der Waals surface area contributed by atoms with Crippen LogP contribution < -0.4 is 0 Å². The first-order chi connectivity index (χ1) is 29.8. The molecule has 0 amide bonds. The molecule has 4 saturated heterocycles. The largest absolute Gasteiger partial charge is 0.462 e. The Balaban J connectivity index is 1.11. The number of hydrogen-bond acceptors (Lipinski definition) is 12. The molecule has 0 radical (unpaired) electrons. The Morgan fingerprint density at radius 3 is 2.29 bits per heavy atom. The molecule has 1 aromatic rings. The minimum absolute atomic E-state index is 0.00969. The number of hydrogen-bond donors (Lipinski definition) is 0. The summed E-state index contributed by atoms with van der Waals surface area (Å²) in [7, 11) is 9.16. The zero-order valence-electron chi connectivity index (χ0n) is 38.1. The number of likely N-dealkylation sites (tertiary alicyclic amines) is 1. The third-order valence-corrected chi connectivity index (χ3v) is 16.5. The van der Waals surface area contributed by atoms with Gasteiger partial charge in [0, 0.05) is 67.9 Å². The van der Waals surface area contributed by atoms with E-state index in [1.165, 1.54) is 0 Å². The summed E-state index contributed by atoms with van der Waals surface area (Å²) in [4.78, 5) is 34.0. The standard InChI is InChI=1S/C48H70Cl2N2O10/c1-10-29-12-11-13-38(62-40-17-16-37(51(5)6)25(3)58-40)24(2)44(54)35-21-32-31-19-30(61-48-47(57-9)46(56-8)45(55-7)26(4)59-48)20-34(31)42-43(41(32)33(35)22-39(53)60-29)52(42)23-27-18-28(49)14-15-36(27)50/h14-15,18,21,24-26,29-34,37-38,40-43,45-48H,10-13,16-17,19-20,22-23H2,1-9H3/t24-,25?,26?,29+,30+,31+,32+,33-,34-,37+,38+,40+,41-,42+,43-,45+,46-,47?,48+,52?/m1/s1. The molecule has 4 heterocycles. The van der Waals surface area contributed by atoms with E-state index >= 15 is 4.79 Å². The third kappa shape index (κ3) is 9.20. The molecule has 346 valence electrons. The van der Waals surface area contributed by atoms with E-state index in [1.54, 1.807) is 21.3 Å². The Kier molecular flexibility index (Phi) is 14.8. The molecular formula is C48H70Cl2N2O10. The van der Waals surface area contributed by atoms with Gasteiger partial charge in [0.1, 0.15) is 24.4 Å². The summed E-state index contributed by atoms with van der Waals surface area (Å²) in [5, 5.41) is 1.31. The van der Waals surface area contributed by atoms with Gasteiger partial charge < -0.3 is 42.8 Å². The number of cyclic esters (lactones) is 1. The predicted molar refractivity (Wildman–Crippen MR) is 235 cm³/mol. The highest BCUT2D eigenvalue weighted by Gasteiger charge is 2.69. The summed E-state index contributed by atoms with van der Waals surface area (Å²) < 4.78 is 50.6. The van der Waals surface area contributed by atoms with Crippen molar-refractivity contribution < 1.29 is 47.5 Å². The first kappa shape index (κ1) is 46.8. The fraction of sp³-hybridized carbons (Fsp3) is 0.792. The molecular weight excluding hydrogens is 835 g/mol. The Hall–Kier alpha value is -1.68. The topological polar surface area (TPSA) is 114 Å². The van der Waals surface area contributed by atoms with Crippen LogP contribution in [0.5, 0.6) is 0 Å². The number of methoxy groups -OCH3 is 3. The number of nitrogens with zero attached hydrogens (tertiary/aromatic N) is 2. The Labute approximate surface area is 378 Å². The van der Waals surface area contributed by atoms with Crippen molar-refractivity contribution in [2.24, 2.45) is 35.5 Å². The molecule has 0 spiro atoms. The minimum Gasteiger partial charge on any atom is -0.462 e. The molecule has 14 heteroatoms. The SMILES string of the molecule is CC[C@H]1CCC[C@H](O[C@H]2CC[C@H](N(C)C)C(C)O2)[C@@H](C)C(=O)C2=C[C@H]3[C@@H]4C[C@H](O[C@@H]5OC(C)[C@H](OC)[C@@H](OC)C5OC)C[C@H]4[C@H]4[C@@H]([C@H]3[C@@H]2CC(=O)O1)N4Cc1cc(Cl)ccc1Cl. The number of ether oxygens (including phenoxy) is 8. The molecule has 12 nitrogen and oxygen atoms in total. The van der Waals surface area contributed by atoms with E-state index in [1.807, 2.05) is 32.0 Å². The van der Waals surface area contributed by atoms with Crippen molar-refractivity contribution in [2.45, 2.75) is 172 Å². The lowest BCUT2D eigenvalue weighted by Crippen LogP contribution is -2.59. The van der Waals surface area contributed by atoms with Gasteiger partial charge in [0.15, 0.2) is 18.4 Å². The van der Waals surface area contributed by atoms with Crippen molar-refractivity contribution in [3.8, 4) is 0 Å². The van der Waals surface area contributed by atoms with Crippen molar-refractivity contribution >= 4 is 35.0 Å². The van der Waals surface area contributed by atoms with Gasteiger partial charge in [-0.05, 0) is 132 Å². The summed E-state index contributed by atoms with van der Waals surface area (Å²) >= 11 is 13.4. The van der Waals surface area contributed by atoms with Crippen molar-refractivity contribution in [3.05, 3.63) is 45.5 Å². The highest BCUT2D eigenvalue weighted by Crippen LogP contribution is 2.64. The van der Waals surface area contributed by atoms with Crippen LogP contribution >= 0.6 is 23.2 Å². The Morgan fingerprint density at radius 2 is 1.60 bits per heavy atom. The van der Waals surface area contributed by atoms with Crippen LogP contribution in [0.15, 0.2) is 29.8 Å². The molecule has 1 aromatic carbocycles. The smallest absolute Gasteiger partial charge is 0.306 e. The van der Waals surface area contributed by atoms with Gasteiger partial charge in [-0.15, -0.1) is 0 Å². The van der Waals surface area contributed by atoms with Crippen LogP contribution in [0.2, 0.25) is 10.0 Å². The molecule has 3 aliphatic carbocycles. The van der Waals surface area contributed by atoms with E-state index in [0.29, 0.717) is 29.1 Å². The first-order valence-electron chi connectivity index (χ1n) is 23.3. The van der Waals surface area contributed by atoms with Gasteiger partial charge in [-0.2, -0.15) is 0 Å². The quantitative estimate of drug-likeness (QED) is 0.162. The molecule has 4 aliphatic heterocycles. The number of ketones is 1. The minimum atomic E-state index is -0.647. The maximum absolute atomic E-state index is 15.2. The number of likely N-dealkylation sites (N-methyl/N-ethyl adjacent to an activating group) is 1. The molecule has 0 bridgehead atoms. The highest BCUT2D eigenvalue weighted by atomic mass is 35.5. The van der Waals surface area contributed by atoms with Crippen LogP contribution in [0.4, 0.5) is 0 Å². The summed E-state index contributed by atoms with van der Waals surface area (Å²) in [5.74, 6) is -0.288. The van der Waals surface area contributed by atoms with Gasteiger partial charge in [0.05, 0.1) is 30.8 Å². The number of carbonyl (C=O) groups excluding carboxylic acids is 2. The maximum atomic E-state index is 15.2. The monoisotopic (exact) mass is 904 g/mol. The molecule has 0 N–H and O–H groups in total. The molecule has 8 rings (SSSR count). The van der Waals surface area contributed by atoms with Crippen LogP contribution in [-0.4, -0.2) is 137 Å². The number of carbonyl (C=O) groups is 2. The number of benzene rings is 1. The lowest BCUT2D eigenvalue weighted by Gasteiger charge is -2.44. The van der Waals surface area contributed by atoms with E-state index in [9.17, 15) is 4.79 Å².